The van der Waals surface area contributed by atoms with Crippen LogP contribution in [0.5, 0.6) is 0 Å². The van der Waals surface area contributed by atoms with E-state index >= 15 is 0 Å². The molecule has 0 aromatic heterocycles. The van der Waals surface area contributed by atoms with Crippen LogP contribution in [0.1, 0.15) is 85.5 Å². The molecule has 0 aromatic rings. The summed E-state index contributed by atoms with van der Waals surface area (Å²) in [7, 11) is 0. The van der Waals surface area contributed by atoms with Gasteiger partial charge in [-0.25, -0.2) is 0 Å². The van der Waals surface area contributed by atoms with Crippen LogP contribution in [-0.2, 0) is 19.1 Å². The van der Waals surface area contributed by atoms with Crippen LogP contribution in [0, 0.1) is 29.1 Å². The van der Waals surface area contributed by atoms with Crippen LogP contribution in [0.15, 0.2) is 0 Å². The zero-order valence-corrected chi connectivity index (χ0v) is 17.0. The minimum atomic E-state index is -0.451. The Labute approximate surface area is 158 Å². The Bertz CT molecular complexity index is 508. The van der Waals surface area contributed by atoms with Crippen molar-refractivity contribution in [1.29, 1.82) is 0 Å². The van der Waals surface area contributed by atoms with Gasteiger partial charge in [0.2, 0.25) is 0 Å². The number of carbonyl (C=O) groups excluding carboxylic acids is 2. The largest absolute Gasteiger partial charge is 0.465 e. The molecule has 0 saturated heterocycles. The lowest BCUT2D eigenvalue weighted by Crippen LogP contribution is -2.59. The summed E-state index contributed by atoms with van der Waals surface area (Å²) in [5.74, 6) is 2.59. The van der Waals surface area contributed by atoms with Gasteiger partial charge in [-0.15, -0.1) is 0 Å². The maximum atomic E-state index is 12.5. The summed E-state index contributed by atoms with van der Waals surface area (Å²) in [6, 6.07) is 0. The number of hydrogen-bond donors (Lipinski definition) is 0. The molecule has 0 spiro atoms. The second kappa shape index (κ2) is 7.52. The van der Waals surface area contributed by atoms with Gasteiger partial charge in [-0.1, -0.05) is 13.8 Å². The predicted octanol–water partition coefficient (Wildman–Crippen LogP) is 4.89. The van der Waals surface area contributed by atoms with Crippen LogP contribution in [0.25, 0.3) is 0 Å². The van der Waals surface area contributed by atoms with E-state index in [0.717, 1.165) is 24.7 Å². The third kappa shape index (κ3) is 3.66. The Balaban J connectivity index is 1.48. The minimum absolute atomic E-state index is 0.106. The predicted molar refractivity (Wildman–Crippen MR) is 100 cm³/mol. The van der Waals surface area contributed by atoms with Gasteiger partial charge in [0.05, 0.1) is 12.0 Å². The molecule has 0 aromatic carbocycles. The van der Waals surface area contributed by atoms with Crippen molar-refractivity contribution in [2.45, 2.75) is 91.1 Å². The topological polar surface area (TPSA) is 52.6 Å². The average Bonchev–Trinajstić information content (AvgIpc) is 2.61. The molecule has 0 unspecified atom stereocenters. The summed E-state index contributed by atoms with van der Waals surface area (Å²) >= 11 is 0. The Kier molecular flexibility index (Phi) is 5.69. The van der Waals surface area contributed by atoms with Crippen molar-refractivity contribution in [2.75, 3.05) is 6.61 Å². The molecule has 4 saturated carbocycles. The maximum absolute atomic E-state index is 12.5. The van der Waals surface area contributed by atoms with Crippen LogP contribution in [-0.4, -0.2) is 24.1 Å². The minimum Gasteiger partial charge on any atom is -0.465 e. The lowest BCUT2D eigenvalue weighted by atomic mass is 9.49. The second-order valence-electron chi connectivity index (χ2n) is 9.56. The van der Waals surface area contributed by atoms with Gasteiger partial charge in [-0.2, -0.15) is 0 Å². The van der Waals surface area contributed by atoms with Crippen molar-refractivity contribution >= 4 is 11.9 Å². The van der Waals surface area contributed by atoms with E-state index in [2.05, 4.69) is 6.92 Å². The lowest BCUT2D eigenvalue weighted by molar-refractivity contribution is -0.211. The van der Waals surface area contributed by atoms with Crippen LogP contribution < -0.4 is 0 Å². The normalized spacial score (nSPS) is 35.4. The third-order valence-electron chi connectivity index (χ3n) is 7.57. The Morgan fingerprint density at radius 2 is 1.58 bits per heavy atom. The molecule has 0 N–H and O–H groups in total. The molecule has 0 aliphatic heterocycles. The van der Waals surface area contributed by atoms with E-state index < -0.39 is 5.41 Å². The van der Waals surface area contributed by atoms with Crippen molar-refractivity contribution in [1.82, 2.24) is 0 Å². The number of ether oxygens (including phenoxy) is 2. The molecule has 26 heavy (non-hydrogen) atoms. The molecular weight excluding hydrogens is 328 g/mol. The second-order valence-corrected chi connectivity index (χ2v) is 9.56. The molecule has 4 rings (SSSR count). The molecule has 4 aliphatic rings. The van der Waals surface area contributed by atoms with E-state index in [4.69, 9.17) is 9.47 Å². The lowest BCUT2D eigenvalue weighted by Gasteiger charge is -2.60. The fourth-order valence-electron chi connectivity index (χ4n) is 5.78. The molecular formula is C22H36O4. The van der Waals surface area contributed by atoms with E-state index in [1.165, 1.54) is 32.1 Å². The molecule has 0 radical (unpaired) electrons. The monoisotopic (exact) mass is 364 g/mol. The SMILES string of the molecule is CCC(C)(C)C(=O)OCCCC(=O)OC1(CC)C2CC3CC(C2)CC1C3. The number of esters is 2. The highest BCUT2D eigenvalue weighted by Crippen LogP contribution is 2.60. The molecule has 148 valence electrons. The summed E-state index contributed by atoms with van der Waals surface area (Å²) in [4.78, 5) is 24.5. The van der Waals surface area contributed by atoms with Crippen LogP contribution >= 0.6 is 0 Å². The molecule has 0 heterocycles. The summed E-state index contributed by atoms with van der Waals surface area (Å²) in [5.41, 5.74) is -0.668. The van der Waals surface area contributed by atoms with Gasteiger partial charge in [0.15, 0.2) is 0 Å². The molecule has 0 atom stereocenters. The van der Waals surface area contributed by atoms with Crippen LogP contribution in [0.4, 0.5) is 0 Å². The highest BCUT2D eigenvalue weighted by atomic mass is 16.6. The fraction of sp³-hybridized carbons (Fsp3) is 0.909. The quantitative estimate of drug-likeness (QED) is 0.454. The molecule has 4 fully saturated rings. The van der Waals surface area contributed by atoms with Gasteiger partial charge in [0.25, 0.3) is 0 Å². The Hall–Kier alpha value is -1.06. The van der Waals surface area contributed by atoms with Gasteiger partial charge < -0.3 is 9.47 Å². The van der Waals surface area contributed by atoms with Crippen molar-refractivity contribution in [2.24, 2.45) is 29.1 Å². The Morgan fingerprint density at radius 3 is 2.08 bits per heavy atom. The maximum Gasteiger partial charge on any atom is 0.311 e. The summed E-state index contributed by atoms with van der Waals surface area (Å²) in [6.07, 6.45) is 8.97. The van der Waals surface area contributed by atoms with E-state index in [0.29, 0.717) is 31.3 Å². The Morgan fingerprint density at radius 1 is 1.00 bits per heavy atom. The van der Waals surface area contributed by atoms with Crippen molar-refractivity contribution < 1.29 is 19.1 Å². The van der Waals surface area contributed by atoms with Crippen molar-refractivity contribution in [3.8, 4) is 0 Å². The zero-order valence-electron chi connectivity index (χ0n) is 17.0. The highest BCUT2D eigenvalue weighted by Gasteiger charge is 2.58. The number of rotatable bonds is 8. The first kappa shape index (κ1) is 19.7. The number of hydrogen-bond acceptors (Lipinski definition) is 4. The van der Waals surface area contributed by atoms with Gasteiger partial charge in [0, 0.05) is 6.42 Å². The van der Waals surface area contributed by atoms with Gasteiger partial charge in [-0.3, -0.25) is 9.59 Å². The van der Waals surface area contributed by atoms with Crippen molar-refractivity contribution in [3.05, 3.63) is 0 Å². The van der Waals surface area contributed by atoms with Gasteiger partial charge in [0.1, 0.15) is 5.60 Å². The molecule has 4 heteroatoms. The molecule has 0 amide bonds. The highest BCUT2D eigenvalue weighted by molar-refractivity contribution is 5.75. The van der Waals surface area contributed by atoms with Crippen LogP contribution in [0.3, 0.4) is 0 Å². The van der Waals surface area contributed by atoms with E-state index in [1.54, 1.807) is 0 Å². The fourth-order valence-corrected chi connectivity index (χ4v) is 5.78. The van der Waals surface area contributed by atoms with E-state index in [-0.39, 0.29) is 17.5 Å². The van der Waals surface area contributed by atoms with E-state index in [1.807, 2.05) is 20.8 Å². The first-order chi connectivity index (χ1) is 12.3. The standard InChI is InChI=1S/C22H36O4/c1-5-21(3,4)20(24)25-9-7-8-19(23)26-22(6-2)17-11-15-10-16(13-17)14-18(22)12-15/h15-18H,5-14H2,1-4H3. The first-order valence-corrected chi connectivity index (χ1v) is 10.7. The van der Waals surface area contributed by atoms with E-state index in [9.17, 15) is 9.59 Å². The summed E-state index contributed by atoms with van der Waals surface area (Å²) < 4.78 is 11.5. The molecule has 4 aliphatic carbocycles. The van der Waals surface area contributed by atoms with Gasteiger partial charge >= 0.3 is 11.9 Å². The molecule has 4 nitrogen and oxygen atoms in total. The van der Waals surface area contributed by atoms with Crippen LogP contribution in [0.2, 0.25) is 0 Å². The average molecular weight is 365 g/mol. The number of carbonyl (C=O) groups is 2. The smallest absolute Gasteiger partial charge is 0.311 e. The first-order valence-electron chi connectivity index (χ1n) is 10.7. The zero-order chi connectivity index (χ0) is 18.9. The van der Waals surface area contributed by atoms with Gasteiger partial charge in [-0.05, 0) is 88.9 Å². The summed E-state index contributed by atoms with van der Waals surface area (Å²) in [5, 5.41) is 0. The third-order valence-corrected chi connectivity index (χ3v) is 7.57. The van der Waals surface area contributed by atoms with Crippen molar-refractivity contribution in [3.63, 3.8) is 0 Å². The molecule has 4 bridgehead atoms. The summed E-state index contributed by atoms with van der Waals surface area (Å²) in [6.45, 7) is 8.24.